The van der Waals surface area contributed by atoms with Gasteiger partial charge in [-0.05, 0) is 0 Å². The summed E-state index contributed by atoms with van der Waals surface area (Å²) >= 11 is 35.3. The van der Waals surface area contributed by atoms with Gasteiger partial charge in [0.05, 0.1) is 32.3 Å². The Morgan fingerprint density at radius 3 is 0.778 bits per heavy atom. The molecule has 0 amide bonds. The lowest BCUT2D eigenvalue weighted by atomic mass is 9.97. The molecule has 108 valence electrons. The second kappa shape index (κ2) is 10.5. The zero-order valence-corrected chi connectivity index (χ0v) is 13.5. The predicted octanol–water partition coefficient (Wildman–Crippen LogP) is 4.67. The third-order valence-corrected chi connectivity index (χ3v) is 5.86. The number of hydrogen-bond donors (Lipinski definition) is 2. The summed E-state index contributed by atoms with van der Waals surface area (Å²) in [6.45, 7) is 6.00. The summed E-state index contributed by atoms with van der Waals surface area (Å²) < 4.78 is 0. The van der Waals surface area contributed by atoms with Gasteiger partial charge in [0.15, 0.2) is 0 Å². The molecule has 0 aliphatic heterocycles. The summed E-state index contributed by atoms with van der Waals surface area (Å²) in [4.78, 5) is 8.56. The minimum Gasteiger partial charge on any atom is -0.450 e. The van der Waals surface area contributed by atoms with Gasteiger partial charge in [-0.15, -0.1) is 82.8 Å². The van der Waals surface area contributed by atoms with Crippen LogP contribution in [0.2, 0.25) is 0 Å². The molecule has 18 heavy (non-hydrogen) atoms. The Bertz CT molecular complexity index is 192. The van der Waals surface area contributed by atoms with Crippen molar-refractivity contribution >= 4 is 75.8 Å². The van der Waals surface area contributed by atoms with Crippen LogP contribution < -0.4 is 0 Å². The molecule has 1 fully saturated rings. The van der Waals surface area contributed by atoms with Gasteiger partial charge in [-0.2, -0.15) is 0 Å². The highest BCUT2D eigenvalue weighted by Gasteiger charge is 2.46. The summed E-state index contributed by atoms with van der Waals surface area (Å²) in [5, 5.41) is 11.3. The number of rotatable bonds is 0. The molecule has 1 aliphatic carbocycles. The first kappa shape index (κ1) is 21.1. The standard InChI is InChI=1S/C6H6Cl6.C2H4.CH2O3/c7-1-2(8)4(10)6(12)5(11)3(1)9;1-2;2-1(3)4/h1-6H;1-2H2;(H2,2,3,4). The maximum Gasteiger partial charge on any atom is 0.503 e. The topological polar surface area (TPSA) is 57.5 Å². The highest BCUT2D eigenvalue weighted by atomic mass is 35.5. The Balaban J connectivity index is 0. The highest BCUT2D eigenvalue weighted by Crippen LogP contribution is 2.39. The van der Waals surface area contributed by atoms with E-state index in [4.69, 9.17) is 84.6 Å². The number of hydrogen-bond acceptors (Lipinski definition) is 1. The van der Waals surface area contributed by atoms with Gasteiger partial charge in [0, 0.05) is 0 Å². The van der Waals surface area contributed by atoms with E-state index in [1.54, 1.807) is 0 Å². The predicted molar refractivity (Wildman–Crippen MR) is 79.8 cm³/mol. The van der Waals surface area contributed by atoms with Gasteiger partial charge >= 0.3 is 6.16 Å². The van der Waals surface area contributed by atoms with E-state index in [1.165, 1.54) is 0 Å². The van der Waals surface area contributed by atoms with Crippen LogP contribution in [-0.4, -0.2) is 48.6 Å². The van der Waals surface area contributed by atoms with E-state index < -0.39 is 38.4 Å². The second-order valence-corrected chi connectivity index (χ2v) is 5.97. The van der Waals surface area contributed by atoms with Crippen LogP contribution in [-0.2, 0) is 0 Å². The lowest BCUT2D eigenvalue weighted by molar-refractivity contribution is 0.137. The van der Waals surface area contributed by atoms with E-state index >= 15 is 0 Å². The van der Waals surface area contributed by atoms with Crippen LogP contribution in [0.3, 0.4) is 0 Å². The Labute approximate surface area is 136 Å². The molecule has 1 rings (SSSR count). The first-order valence-corrected chi connectivity index (χ1v) is 7.08. The summed E-state index contributed by atoms with van der Waals surface area (Å²) in [6, 6.07) is 0. The molecule has 1 saturated carbocycles. The van der Waals surface area contributed by atoms with Crippen molar-refractivity contribution in [2.45, 2.75) is 32.3 Å². The van der Waals surface area contributed by atoms with Crippen molar-refractivity contribution in [1.82, 2.24) is 0 Å². The minimum absolute atomic E-state index is 0.437. The summed E-state index contributed by atoms with van der Waals surface area (Å²) in [6.07, 6.45) is -1.83. The number of alkyl halides is 6. The lowest BCUT2D eigenvalue weighted by Gasteiger charge is -2.37. The molecule has 1 aliphatic rings. The first-order chi connectivity index (χ1) is 8.20. The summed E-state index contributed by atoms with van der Waals surface area (Å²) in [5.74, 6) is 0. The fourth-order valence-corrected chi connectivity index (χ4v) is 3.38. The van der Waals surface area contributed by atoms with Gasteiger partial charge in [-0.3, -0.25) is 0 Å². The zero-order valence-electron chi connectivity index (χ0n) is 8.95. The number of carbonyl (C=O) groups is 1. The number of carboxylic acid groups (broad SMARTS) is 2. The van der Waals surface area contributed by atoms with Crippen molar-refractivity contribution in [2.75, 3.05) is 0 Å². The molecule has 9 heteroatoms. The van der Waals surface area contributed by atoms with E-state index in [0.717, 1.165) is 0 Å². The lowest BCUT2D eigenvalue weighted by Crippen LogP contribution is -2.52. The molecule has 0 atom stereocenters. The summed E-state index contributed by atoms with van der Waals surface area (Å²) in [5.41, 5.74) is 0. The van der Waals surface area contributed by atoms with Gasteiger partial charge < -0.3 is 10.2 Å². The van der Waals surface area contributed by atoms with Crippen LogP contribution in [0, 0.1) is 0 Å². The summed E-state index contributed by atoms with van der Waals surface area (Å²) in [7, 11) is 0. The van der Waals surface area contributed by atoms with Crippen LogP contribution in [0.1, 0.15) is 0 Å². The molecule has 0 bridgehead atoms. The van der Waals surface area contributed by atoms with Crippen molar-refractivity contribution in [3.8, 4) is 0 Å². The number of halogens is 6. The molecule has 0 aromatic heterocycles. The zero-order chi connectivity index (χ0) is 15.0. The second-order valence-electron chi connectivity index (χ2n) is 2.95. The molecular formula is C9H12Cl6O3. The monoisotopic (exact) mass is 378 g/mol. The smallest absolute Gasteiger partial charge is 0.450 e. The SMILES string of the molecule is C=C.ClC1C(Cl)C(Cl)C(Cl)C(Cl)C1Cl.O=C(O)O. The van der Waals surface area contributed by atoms with Gasteiger partial charge in [0.25, 0.3) is 0 Å². The third-order valence-electron chi connectivity index (χ3n) is 1.83. The molecule has 0 heterocycles. The maximum atomic E-state index is 8.56. The van der Waals surface area contributed by atoms with Crippen LogP contribution in [0.4, 0.5) is 4.79 Å². The van der Waals surface area contributed by atoms with E-state index in [9.17, 15) is 0 Å². The Morgan fingerprint density at radius 1 is 0.667 bits per heavy atom. The molecular weight excluding hydrogens is 369 g/mol. The third kappa shape index (κ3) is 6.78. The Kier molecular flexibility index (Phi) is 12.3. The molecule has 0 saturated heterocycles. The largest absolute Gasteiger partial charge is 0.503 e. The highest BCUT2D eigenvalue weighted by molar-refractivity contribution is 6.45. The maximum absolute atomic E-state index is 8.56. The quantitative estimate of drug-likeness (QED) is 0.474. The molecule has 0 radical (unpaired) electrons. The van der Waals surface area contributed by atoms with E-state index in [2.05, 4.69) is 13.2 Å². The van der Waals surface area contributed by atoms with Gasteiger partial charge in [-0.25, -0.2) is 4.79 Å². The van der Waals surface area contributed by atoms with Crippen molar-refractivity contribution in [1.29, 1.82) is 0 Å². The van der Waals surface area contributed by atoms with Gasteiger partial charge in [0.2, 0.25) is 0 Å². The molecule has 0 unspecified atom stereocenters. The first-order valence-electron chi connectivity index (χ1n) is 4.46. The van der Waals surface area contributed by atoms with Gasteiger partial charge in [-0.1, -0.05) is 0 Å². The van der Waals surface area contributed by atoms with Crippen LogP contribution >= 0.6 is 69.6 Å². The van der Waals surface area contributed by atoms with Crippen LogP contribution in [0.15, 0.2) is 13.2 Å². The Morgan fingerprint density at radius 2 is 0.722 bits per heavy atom. The van der Waals surface area contributed by atoms with Crippen molar-refractivity contribution < 1.29 is 15.0 Å². The average Bonchev–Trinajstić information content (AvgIpc) is 2.33. The molecule has 0 aromatic rings. The minimum atomic E-state index is -1.83. The van der Waals surface area contributed by atoms with E-state index in [1.807, 2.05) is 0 Å². The van der Waals surface area contributed by atoms with Crippen molar-refractivity contribution in [3.05, 3.63) is 13.2 Å². The fourth-order valence-electron chi connectivity index (χ4n) is 1.05. The van der Waals surface area contributed by atoms with Gasteiger partial charge in [0.1, 0.15) is 0 Å². The Hall–Kier alpha value is 0.750. The fraction of sp³-hybridized carbons (Fsp3) is 0.667. The van der Waals surface area contributed by atoms with Crippen molar-refractivity contribution in [3.63, 3.8) is 0 Å². The van der Waals surface area contributed by atoms with E-state index in [0.29, 0.717) is 0 Å². The van der Waals surface area contributed by atoms with E-state index in [-0.39, 0.29) is 0 Å². The molecule has 0 spiro atoms. The molecule has 2 N–H and O–H groups in total. The van der Waals surface area contributed by atoms with Crippen LogP contribution in [0.25, 0.3) is 0 Å². The van der Waals surface area contributed by atoms with Crippen molar-refractivity contribution in [2.24, 2.45) is 0 Å². The van der Waals surface area contributed by atoms with Crippen LogP contribution in [0.5, 0.6) is 0 Å². The molecule has 3 nitrogen and oxygen atoms in total. The normalized spacial score (nSPS) is 38.6. The molecule has 0 aromatic carbocycles. The average molecular weight is 381 g/mol.